The summed E-state index contributed by atoms with van der Waals surface area (Å²) in [6.07, 6.45) is 3.69. The molecule has 7 heteroatoms. The Morgan fingerprint density at radius 2 is 2.25 bits per heavy atom. The number of rotatable bonds is 6. The van der Waals surface area contributed by atoms with E-state index in [4.69, 9.17) is 4.74 Å². The van der Waals surface area contributed by atoms with E-state index >= 15 is 0 Å². The molecule has 1 N–H and O–H groups in total. The molecule has 0 unspecified atom stereocenters. The van der Waals surface area contributed by atoms with Crippen LogP contribution in [0, 0.1) is 0 Å². The zero-order valence-electron chi connectivity index (χ0n) is 13.3. The summed E-state index contributed by atoms with van der Waals surface area (Å²) < 4.78 is 7.93. The molecule has 3 aromatic rings. The molecule has 1 aromatic carbocycles. The molecule has 0 spiro atoms. The molecule has 0 fully saturated rings. The van der Waals surface area contributed by atoms with Crippen molar-refractivity contribution in [1.29, 1.82) is 0 Å². The molecule has 1 aliphatic heterocycles. The normalized spacial score (nSPS) is 16.8. The predicted octanol–water partition coefficient (Wildman–Crippen LogP) is 2.42. The zero-order chi connectivity index (χ0) is 16.2. The minimum atomic E-state index is 0.408. The SMILES string of the molecule is c1ccc(OCc2cscn2)c(CN[C@H]2CCc3ncnn3C2)c1. The first kappa shape index (κ1) is 15.3. The Hall–Kier alpha value is -2.25. The van der Waals surface area contributed by atoms with Crippen molar-refractivity contribution in [1.82, 2.24) is 25.1 Å². The molecule has 3 heterocycles. The van der Waals surface area contributed by atoms with Crippen LogP contribution in [0.3, 0.4) is 0 Å². The third-order valence-corrected chi connectivity index (χ3v) is 4.85. The quantitative estimate of drug-likeness (QED) is 0.746. The number of fused-ring (bicyclic) bond motifs is 1. The molecule has 0 bridgehead atoms. The lowest BCUT2D eigenvalue weighted by Crippen LogP contribution is -2.37. The minimum absolute atomic E-state index is 0.408. The van der Waals surface area contributed by atoms with Gasteiger partial charge in [-0.3, -0.25) is 0 Å². The number of nitrogens with one attached hydrogen (secondary N) is 1. The van der Waals surface area contributed by atoms with Crippen LogP contribution < -0.4 is 10.1 Å². The molecule has 1 atom stereocenters. The topological polar surface area (TPSA) is 64.9 Å². The Balaban J connectivity index is 1.36. The van der Waals surface area contributed by atoms with E-state index in [9.17, 15) is 0 Å². The Labute approximate surface area is 144 Å². The predicted molar refractivity (Wildman–Crippen MR) is 91.9 cm³/mol. The van der Waals surface area contributed by atoms with Crippen molar-refractivity contribution in [2.24, 2.45) is 0 Å². The van der Waals surface area contributed by atoms with Crippen LogP contribution in [0.5, 0.6) is 5.75 Å². The van der Waals surface area contributed by atoms with Crippen molar-refractivity contribution in [3.05, 3.63) is 58.6 Å². The molecule has 6 nitrogen and oxygen atoms in total. The van der Waals surface area contributed by atoms with Gasteiger partial charge in [0, 0.05) is 30.0 Å². The number of aryl methyl sites for hydroxylation is 1. The van der Waals surface area contributed by atoms with Crippen molar-refractivity contribution >= 4 is 11.3 Å². The number of hydrogen-bond donors (Lipinski definition) is 1. The van der Waals surface area contributed by atoms with Gasteiger partial charge < -0.3 is 10.1 Å². The first-order chi connectivity index (χ1) is 11.9. The number of para-hydroxylation sites is 1. The molecular weight excluding hydrogens is 322 g/mol. The Morgan fingerprint density at radius 3 is 3.17 bits per heavy atom. The van der Waals surface area contributed by atoms with E-state index in [-0.39, 0.29) is 0 Å². The van der Waals surface area contributed by atoms with Crippen LogP contribution in [-0.2, 0) is 26.1 Å². The van der Waals surface area contributed by atoms with Crippen LogP contribution in [0.4, 0.5) is 0 Å². The molecule has 0 aliphatic carbocycles. The van der Waals surface area contributed by atoms with Crippen molar-refractivity contribution in [3.63, 3.8) is 0 Å². The van der Waals surface area contributed by atoms with Crippen molar-refractivity contribution in [2.45, 2.75) is 38.6 Å². The van der Waals surface area contributed by atoms with E-state index in [0.29, 0.717) is 12.6 Å². The zero-order valence-corrected chi connectivity index (χ0v) is 14.1. The van der Waals surface area contributed by atoms with Gasteiger partial charge in [0.2, 0.25) is 0 Å². The summed E-state index contributed by atoms with van der Waals surface area (Å²) in [6.45, 7) is 2.16. The Kier molecular flexibility index (Phi) is 4.53. The van der Waals surface area contributed by atoms with E-state index in [1.165, 1.54) is 0 Å². The fourth-order valence-corrected chi connectivity index (χ4v) is 3.45. The number of thiazole rings is 1. The average Bonchev–Trinajstić information content (AvgIpc) is 3.29. The summed E-state index contributed by atoms with van der Waals surface area (Å²) in [7, 11) is 0. The third kappa shape index (κ3) is 3.47. The van der Waals surface area contributed by atoms with Gasteiger partial charge in [0.25, 0.3) is 0 Å². The second-order valence-corrected chi connectivity index (χ2v) is 6.57. The third-order valence-electron chi connectivity index (χ3n) is 4.22. The summed E-state index contributed by atoms with van der Waals surface area (Å²) in [5.74, 6) is 2.00. The number of nitrogens with zero attached hydrogens (tertiary/aromatic N) is 4. The van der Waals surface area contributed by atoms with E-state index in [0.717, 1.165) is 48.8 Å². The first-order valence-corrected chi connectivity index (χ1v) is 9.00. The summed E-state index contributed by atoms with van der Waals surface area (Å²) in [5, 5.41) is 9.90. The maximum atomic E-state index is 5.94. The lowest BCUT2D eigenvalue weighted by atomic mass is 10.1. The van der Waals surface area contributed by atoms with Crippen LogP contribution in [0.25, 0.3) is 0 Å². The fourth-order valence-electron chi connectivity index (χ4n) is 2.91. The summed E-state index contributed by atoms with van der Waals surface area (Å²) in [4.78, 5) is 8.53. The van der Waals surface area contributed by atoms with Crippen molar-refractivity contribution in [2.75, 3.05) is 0 Å². The van der Waals surface area contributed by atoms with Gasteiger partial charge in [-0.25, -0.2) is 14.6 Å². The van der Waals surface area contributed by atoms with E-state index < -0.39 is 0 Å². The van der Waals surface area contributed by atoms with Gasteiger partial charge >= 0.3 is 0 Å². The smallest absolute Gasteiger partial charge is 0.138 e. The van der Waals surface area contributed by atoms with Crippen molar-refractivity contribution < 1.29 is 4.74 Å². The van der Waals surface area contributed by atoms with Crippen LogP contribution in [0.2, 0.25) is 0 Å². The monoisotopic (exact) mass is 341 g/mol. The Bertz CT molecular complexity index is 786. The molecule has 0 amide bonds. The molecular formula is C17H19N5OS. The van der Waals surface area contributed by atoms with Gasteiger partial charge in [-0.15, -0.1) is 11.3 Å². The second kappa shape index (κ2) is 7.11. The maximum Gasteiger partial charge on any atom is 0.138 e. The standard InChI is InChI=1S/C17H19N5OS/c1-2-4-16(23-9-15-10-24-12-20-15)13(3-1)7-18-14-5-6-17-19-11-21-22(17)8-14/h1-4,10-12,14,18H,5-9H2/t14-/m0/s1. The number of hydrogen-bond acceptors (Lipinski definition) is 6. The summed E-state index contributed by atoms with van der Waals surface area (Å²) >= 11 is 1.59. The highest BCUT2D eigenvalue weighted by molar-refractivity contribution is 7.07. The molecule has 4 rings (SSSR count). The molecule has 2 aromatic heterocycles. The van der Waals surface area contributed by atoms with Gasteiger partial charge in [-0.1, -0.05) is 18.2 Å². The summed E-state index contributed by atoms with van der Waals surface area (Å²) in [6, 6.07) is 8.57. The van der Waals surface area contributed by atoms with Crippen LogP contribution >= 0.6 is 11.3 Å². The molecule has 0 saturated carbocycles. The van der Waals surface area contributed by atoms with Gasteiger partial charge in [0.05, 0.1) is 17.7 Å². The minimum Gasteiger partial charge on any atom is -0.487 e. The average molecular weight is 341 g/mol. The lowest BCUT2D eigenvalue weighted by molar-refractivity contribution is 0.295. The van der Waals surface area contributed by atoms with E-state index in [1.807, 2.05) is 33.8 Å². The van der Waals surface area contributed by atoms with Crippen molar-refractivity contribution in [3.8, 4) is 5.75 Å². The molecule has 0 saturated heterocycles. The first-order valence-electron chi connectivity index (χ1n) is 8.06. The highest BCUT2D eigenvalue weighted by Crippen LogP contribution is 2.20. The molecule has 0 radical (unpaired) electrons. The highest BCUT2D eigenvalue weighted by atomic mass is 32.1. The Morgan fingerprint density at radius 1 is 1.29 bits per heavy atom. The number of benzene rings is 1. The van der Waals surface area contributed by atoms with Gasteiger partial charge in [0.1, 0.15) is 24.5 Å². The maximum absolute atomic E-state index is 5.94. The molecule has 24 heavy (non-hydrogen) atoms. The van der Waals surface area contributed by atoms with E-state index in [2.05, 4.69) is 26.4 Å². The second-order valence-electron chi connectivity index (χ2n) is 5.85. The largest absolute Gasteiger partial charge is 0.487 e. The van der Waals surface area contributed by atoms with Gasteiger partial charge in [-0.2, -0.15) is 5.10 Å². The highest BCUT2D eigenvalue weighted by Gasteiger charge is 2.19. The van der Waals surface area contributed by atoms with Crippen LogP contribution in [0.15, 0.2) is 41.5 Å². The molecule has 124 valence electrons. The lowest BCUT2D eigenvalue weighted by Gasteiger charge is -2.24. The molecule has 1 aliphatic rings. The number of ether oxygens (including phenoxy) is 1. The van der Waals surface area contributed by atoms with Gasteiger partial charge in [0.15, 0.2) is 0 Å². The van der Waals surface area contributed by atoms with Crippen LogP contribution in [0.1, 0.15) is 23.5 Å². The van der Waals surface area contributed by atoms with Gasteiger partial charge in [-0.05, 0) is 12.5 Å². The van der Waals surface area contributed by atoms with E-state index in [1.54, 1.807) is 17.7 Å². The number of aromatic nitrogens is 4. The fraction of sp³-hybridized carbons (Fsp3) is 0.353. The van der Waals surface area contributed by atoms with Crippen LogP contribution in [-0.4, -0.2) is 25.8 Å². The summed E-state index contributed by atoms with van der Waals surface area (Å²) in [5.41, 5.74) is 3.96.